The van der Waals surface area contributed by atoms with Gasteiger partial charge in [-0.1, -0.05) is 6.42 Å². The van der Waals surface area contributed by atoms with Crippen molar-refractivity contribution in [2.45, 2.75) is 44.2 Å². The molecule has 3 nitrogen and oxygen atoms in total. The summed E-state index contributed by atoms with van der Waals surface area (Å²) in [6.45, 7) is 3.42. The first-order valence-electron chi connectivity index (χ1n) is 5.86. The fourth-order valence-electron chi connectivity index (χ4n) is 2.56. The second kappa shape index (κ2) is 5.10. The maximum atomic E-state index is 9.25. The van der Waals surface area contributed by atoms with E-state index in [2.05, 4.69) is 4.90 Å². The average Bonchev–Trinajstić information content (AvgIpc) is 2.71. The van der Waals surface area contributed by atoms with E-state index in [1.54, 1.807) is 0 Å². The monoisotopic (exact) mass is 199 g/mol. The molecule has 2 saturated heterocycles. The van der Waals surface area contributed by atoms with Crippen LogP contribution in [0.25, 0.3) is 0 Å². The Morgan fingerprint density at radius 2 is 2.14 bits per heavy atom. The van der Waals surface area contributed by atoms with Gasteiger partial charge in [0.1, 0.15) is 0 Å². The van der Waals surface area contributed by atoms with Crippen LogP contribution < -0.4 is 0 Å². The fraction of sp³-hybridized carbons (Fsp3) is 1.00. The predicted molar refractivity (Wildman–Crippen MR) is 55.3 cm³/mol. The Morgan fingerprint density at radius 1 is 1.21 bits per heavy atom. The molecule has 2 rings (SSSR count). The van der Waals surface area contributed by atoms with E-state index in [1.165, 1.54) is 25.7 Å². The topological polar surface area (TPSA) is 32.7 Å². The van der Waals surface area contributed by atoms with Gasteiger partial charge in [0.15, 0.2) is 0 Å². The molecular weight excluding hydrogens is 178 g/mol. The molecule has 0 bridgehead atoms. The highest BCUT2D eigenvalue weighted by Gasteiger charge is 2.26. The lowest BCUT2D eigenvalue weighted by atomic mass is 10.0. The van der Waals surface area contributed by atoms with Crippen LogP contribution in [-0.2, 0) is 4.74 Å². The van der Waals surface area contributed by atoms with Gasteiger partial charge < -0.3 is 9.84 Å². The number of likely N-dealkylation sites (tertiary alicyclic amines) is 1. The zero-order valence-electron chi connectivity index (χ0n) is 8.82. The van der Waals surface area contributed by atoms with Crippen LogP contribution in [0.3, 0.4) is 0 Å². The molecule has 0 aliphatic carbocycles. The summed E-state index contributed by atoms with van der Waals surface area (Å²) in [6, 6.07) is 0.396. The molecule has 1 N–H and O–H groups in total. The first kappa shape index (κ1) is 10.4. The van der Waals surface area contributed by atoms with Crippen molar-refractivity contribution in [2.75, 3.05) is 26.3 Å². The Balaban J connectivity index is 1.81. The molecule has 0 radical (unpaired) electrons. The Kier molecular flexibility index (Phi) is 3.79. The zero-order valence-corrected chi connectivity index (χ0v) is 8.82. The van der Waals surface area contributed by atoms with E-state index in [1.807, 2.05) is 0 Å². The molecule has 0 amide bonds. The van der Waals surface area contributed by atoms with Crippen molar-refractivity contribution in [1.29, 1.82) is 0 Å². The SMILES string of the molecule is OCC1CCCCN1CC1CCCO1. The molecule has 3 heteroatoms. The maximum Gasteiger partial charge on any atom is 0.0702 e. The number of piperidine rings is 1. The van der Waals surface area contributed by atoms with Gasteiger partial charge in [0.05, 0.1) is 12.7 Å². The van der Waals surface area contributed by atoms with Gasteiger partial charge in [-0.2, -0.15) is 0 Å². The van der Waals surface area contributed by atoms with Gasteiger partial charge in [-0.3, -0.25) is 4.90 Å². The number of nitrogens with zero attached hydrogens (tertiary/aromatic N) is 1. The lowest BCUT2D eigenvalue weighted by molar-refractivity contribution is 0.0271. The second-order valence-electron chi connectivity index (χ2n) is 4.46. The number of aliphatic hydroxyl groups is 1. The van der Waals surface area contributed by atoms with Crippen LogP contribution >= 0.6 is 0 Å². The largest absolute Gasteiger partial charge is 0.395 e. The molecule has 2 aliphatic rings. The molecule has 0 aromatic heterocycles. The van der Waals surface area contributed by atoms with Gasteiger partial charge in [0, 0.05) is 19.2 Å². The van der Waals surface area contributed by atoms with E-state index in [-0.39, 0.29) is 0 Å². The van der Waals surface area contributed by atoms with Crippen LogP contribution in [0.4, 0.5) is 0 Å². The lowest BCUT2D eigenvalue weighted by Gasteiger charge is -2.35. The minimum atomic E-state index is 0.312. The van der Waals surface area contributed by atoms with E-state index in [0.29, 0.717) is 18.8 Å². The molecule has 0 spiro atoms. The number of hydrogen-bond donors (Lipinski definition) is 1. The molecule has 14 heavy (non-hydrogen) atoms. The molecule has 2 unspecified atom stereocenters. The molecule has 0 aromatic carbocycles. The third-order valence-corrected chi connectivity index (χ3v) is 3.42. The molecular formula is C11H21NO2. The molecule has 82 valence electrons. The van der Waals surface area contributed by atoms with Crippen LogP contribution in [0, 0.1) is 0 Å². The van der Waals surface area contributed by atoms with E-state index in [4.69, 9.17) is 4.74 Å². The lowest BCUT2D eigenvalue weighted by Crippen LogP contribution is -2.45. The summed E-state index contributed by atoms with van der Waals surface area (Å²) in [5.74, 6) is 0. The molecule has 0 aromatic rings. The Morgan fingerprint density at radius 3 is 2.86 bits per heavy atom. The third kappa shape index (κ3) is 2.47. The summed E-state index contributed by atoms with van der Waals surface area (Å²) in [4.78, 5) is 2.42. The molecule has 2 aliphatic heterocycles. The Bertz CT molecular complexity index is 169. The molecule has 2 fully saturated rings. The third-order valence-electron chi connectivity index (χ3n) is 3.42. The summed E-state index contributed by atoms with van der Waals surface area (Å²) in [7, 11) is 0. The highest BCUT2D eigenvalue weighted by Crippen LogP contribution is 2.20. The van der Waals surface area contributed by atoms with Crippen molar-refractivity contribution in [1.82, 2.24) is 4.90 Å². The number of aliphatic hydroxyl groups excluding tert-OH is 1. The Hall–Kier alpha value is -0.120. The van der Waals surface area contributed by atoms with Gasteiger partial charge in [-0.15, -0.1) is 0 Å². The van der Waals surface area contributed by atoms with Crippen LogP contribution in [0.2, 0.25) is 0 Å². The second-order valence-corrected chi connectivity index (χ2v) is 4.46. The Labute approximate surface area is 86.0 Å². The van der Waals surface area contributed by atoms with Gasteiger partial charge in [0.2, 0.25) is 0 Å². The maximum absolute atomic E-state index is 9.25. The number of hydrogen-bond acceptors (Lipinski definition) is 3. The van der Waals surface area contributed by atoms with Gasteiger partial charge in [0.25, 0.3) is 0 Å². The minimum absolute atomic E-state index is 0.312. The van der Waals surface area contributed by atoms with Gasteiger partial charge in [-0.25, -0.2) is 0 Å². The smallest absolute Gasteiger partial charge is 0.0702 e. The summed E-state index contributed by atoms with van der Waals surface area (Å²) >= 11 is 0. The average molecular weight is 199 g/mol. The number of rotatable bonds is 3. The van der Waals surface area contributed by atoms with E-state index in [9.17, 15) is 5.11 Å². The fourth-order valence-corrected chi connectivity index (χ4v) is 2.56. The van der Waals surface area contributed by atoms with Gasteiger partial charge >= 0.3 is 0 Å². The standard InChI is InChI=1S/C11H21NO2/c13-9-10-4-1-2-6-12(10)8-11-5-3-7-14-11/h10-11,13H,1-9H2. The van der Waals surface area contributed by atoms with Gasteiger partial charge in [-0.05, 0) is 32.2 Å². The van der Waals surface area contributed by atoms with Crippen LogP contribution in [0.1, 0.15) is 32.1 Å². The quantitative estimate of drug-likeness (QED) is 0.736. The first-order valence-corrected chi connectivity index (χ1v) is 5.86. The van der Waals surface area contributed by atoms with Crippen molar-refractivity contribution in [3.63, 3.8) is 0 Å². The highest BCUT2D eigenvalue weighted by molar-refractivity contribution is 4.79. The summed E-state index contributed by atoms with van der Waals surface area (Å²) < 4.78 is 5.63. The van der Waals surface area contributed by atoms with E-state index in [0.717, 1.165) is 26.1 Å². The number of ether oxygens (including phenoxy) is 1. The summed E-state index contributed by atoms with van der Waals surface area (Å²) in [5, 5.41) is 9.25. The van der Waals surface area contributed by atoms with Crippen LogP contribution in [-0.4, -0.2) is 48.5 Å². The van der Waals surface area contributed by atoms with Crippen LogP contribution in [0.15, 0.2) is 0 Å². The zero-order chi connectivity index (χ0) is 9.80. The first-order chi connectivity index (χ1) is 6.90. The van der Waals surface area contributed by atoms with Crippen molar-refractivity contribution in [3.05, 3.63) is 0 Å². The molecule has 2 atom stereocenters. The molecule has 0 saturated carbocycles. The normalized spacial score (nSPS) is 34.9. The van der Waals surface area contributed by atoms with Crippen molar-refractivity contribution >= 4 is 0 Å². The predicted octanol–water partition coefficient (Wildman–Crippen LogP) is 1.01. The highest BCUT2D eigenvalue weighted by atomic mass is 16.5. The van der Waals surface area contributed by atoms with Crippen molar-refractivity contribution in [3.8, 4) is 0 Å². The molecule has 2 heterocycles. The summed E-state index contributed by atoms with van der Waals surface area (Å²) in [5.41, 5.74) is 0. The summed E-state index contributed by atoms with van der Waals surface area (Å²) in [6.07, 6.45) is 6.55. The van der Waals surface area contributed by atoms with Crippen molar-refractivity contribution in [2.24, 2.45) is 0 Å². The van der Waals surface area contributed by atoms with Crippen molar-refractivity contribution < 1.29 is 9.84 Å². The van der Waals surface area contributed by atoms with E-state index < -0.39 is 0 Å². The minimum Gasteiger partial charge on any atom is -0.395 e. The van der Waals surface area contributed by atoms with Crippen LogP contribution in [0.5, 0.6) is 0 Å². The van der Waals surface area contributed by atoms with E-state index >= 15 is 0 Å².